The first-order valence-electron chi connectivity index (χ1n) is 7.75. The predicted octanol–water partition coefficient (Wildman–Crippen LogP) is 3.13. The van der Waals surface area contributed by atoms with Crippen molar-refractivity contribution < 1.29 is 4.79 Å². The van der Waals surface area contributed by atoms with Crippen molar-refractivity contribution in [2.45, 2.75) is 51.5 Å². The third-order valence-electron chi connectivity index (χ3n) is 4.37. The number of amides is 1. The summed E-state index contributed by atoms with van der Waals surface area (Å²) in [5, 5.41) is 3.45. The summed E-state index contributed by atoms with van der Waals surface area (Å²) in [5.41, 5.74) is 1.95. The predicted molar refractivity (Wildman–Crippen MR) is 84.1 cm³/mol. The van der Waals surface area contributed by atoms with E-state index in [1.807, 2.05) is 24.1 Å². The molecular weight excluding hydrogens is 248 g/mol. The van der Waals surface area contributed by atoms with Crippen LogP contribution in [0.25, 0.3) is 0 Å². The molecule has 0 saturated carbocycles. The zero-order chi connectivity index (χ0) is 14.6. The van der Waals surface area contributed by atoms with E-state index in [4.69, 9.17) is 0 Å². The third-order valence-corrected chi connectivity index (χ3v) is 4.37. The Bertz CT molecular complexity index is 447. The number of nitrogens with one attached hydrogen (secondary N) is 1. The second kappa shape index (κ2) is 6.40. The zero-order valence-electron chi connectivity index (χ0n) is 12.9. The minimum absolute atomic E-state index is 0.209. The fourth-order valence-electron chi connectivity index (χ4n) is 3.13. The molecule has 0 aromatic heterocycles. The maximum absolute atomic E-state index is 12.9. The first-order chi connectivity index (χ1) is 9.63. The van der Waals surface area contributed by atoms with Crippen molar-refractivity contribution in [2.75, 3.05) is 18.5 Å². The molecule has 3 heteroatoms. The molecule has 1 atom stereocenters. The molecule has 0 spiro atoms. The number of anilines is 1. The van der Waals surface area contributed by atoms with Gasteiger partial charge in [0.2, 0.25) is 5.91 Å². The summed E-state index contributed by atoms with van der Waals surface area (Å²) < 4.78 is 0. The molecule has 1 aliphatic rings. The maximum atomic E-state index is 12.9. The van der Waals surface area contributed by atoms with Crippen molar-refractivity contribution in [3.05, 3.63) is 29.8 Å². The Morgan fingerprint density at radius 2 is 2.00 bits per heavy atom. The number of hydrogen-bond acceptors (Lipinski definition) is 2. The molecule has 1 aliphatic heterocycles. The molecule has 1 saturated heterocycles. The fourth-order valence-corrected chi connectivity index (χ4v) is 3.13. The van der Waals surface area contributed by atoms with Crippen LogP contribution in [0.3, 0.4) is 0 Å². The van der Waals surface area contributed by atoms with E-state index in [1.54, 1.807) is 0 Å². The number of carbonyl (C=O) groups excluding carboxylic acids is 1. The highest BCUT2D eigenvalue weighted by atomic mass is 16.2. The minimum atomic E-state index is -0.340. The van der Waals surface area contributed by atoms with E-state index in [1.165, 1.54) is 5.56 Å². The molecule has 2 rings (SSSR count). The molecule has 1 aromatic rings. The largest absolute Gasteiger partial charge is 0.314 e. The number of likely N-dealkylation sites (N-methyl/N-ethyl adjacent to an activating group) is 1. The van der Waals surface area contributed by atoms with Crippen LogP contribution >= 0.6 is 0 Å². The van der Waals surface area contributed by atoms with Gasteiger partial charge < -0.3 is 10.2 Å². The molecule has 1 unspecified atom stereocenters. The molecule has 0 radical (unpaired) electrons. The Kier molecular flexibility index (Phi) is 4.81. The van der Waals surface area contributed by atoms with E-state index in [9.17, 15) is 4.79 Å². The summed E-state index contributed by atoms with van der Waals surface area (Å²) in [6.07, 6.45) is 5.02. The van der Waals surface area contributed by atoms with E-state index < -0.39 is 0 Å². The van der Waals surface area contributed by atoms with Crippen molar-refractivity contribution in [1.82, 2.24) is 5.32 Å². The second-order valence-electron chi connectivity index (χ2n) is 5.75. The van der Waals surface area contributed by atoms with Crippen LogP contribution in [-0.2, 0) is 11.2 Å². The van der Waals surface area contributed by atoms with E-state index in [0.29, 0.717) is 0 Å². The lowest BCUT2D eigenvalue weighted by atomic mass is 9.90. The van der Waals surface area contributed by atoms with Gasteiger partial charge in [-0.1, -0.05) is 32.4 Å². The van der Waals surface area contributed by atoms with Crippen LogP contribution in [0.4, 0.5) is 5.69 Å². The number of benzene rings is 1. The standard InChI is InChI=1S/C17H26N2O/c1-4-11-17(12-6-13-18-17)16(20)19(3)15-9-7-14(5-2)8-10-15/h7-10,18H,4-6,11-13H2,1-3H3. The Hall–Kier alpha value is -1.35. The molecule has 3 nitrogen and oxygen atoms in total. The highest BCUT2D eigenvalue weighted by Crippen LogP contribution is 2.28. The molecule has 1 heterocycles. The lowest BCUT2D eigenvalue weighted by Crippen LogP contribution is -2.54. The fraction of sp³-hybridized carbons (Fsp3) is 0.588. The quantitative estimate of drug-likeness (QED) is 0.894. The van der Waals surface area contributed by atoms with Gasteiger partial charge in [0.1, 0.15) is 0 Å². The number of rotatable bonds is 5. The van der Waals surface area contributed by atoms with Gasteiger partial charge in [-0.3, -0.25) is 4.79 Å². The molecule has 1 aromatic carbocycles. The summed E-state index contributed by atoms with van der Waals surface area (Å²) in [6.45, 7) is 5.24. The topological polar surface area (TPSA) is 32.3 Å². The third kappa shape index (κ3) is 2.88. The van der Waals surface area contributed by atoms with Crippen molar-refractivity contribution in [1.29, 1.82) is 0 Å². The molecule has 110 valence electrons. The van der Waals surface area contributed by atoms with Crippen molar-refractivity contribution in [2.24, 2.45) is 0 Å². The molecule has 1 fully saturated rings. The van der Waals surface area contributed by atoms with Gasteiger partial charge in [0.25, 0.3) is 0 Å². The number of carbonyl (C=O) groups is 1. The summed E-state index contributed by atoms with van der Waals surface area (Å²) in [5.74, 6) is 0.209. The highest BCUT2D eigenvalue weighted by Gasteiger charge is 2.41. The van der Waals surface area contributed by atoms with Gasteiger partial charge in [0, 0.05) is 12.7 Å². The van der Waals surface area contributed by atoms with Gasteiger partial charge in [0.05, 0.1) is 5.54 Å². The van der Waals surface area contributed by atoms with Crippen molar-refractivity contribution in [3.63, 3.8) is 0 Å². The zero-order valence-corrected chi connectivity index (χ0v) is 12.9. The monoisotopic (exact) mass is 274 g/mol. The second-order valence-corrected chi connectivity index (χ2v) is 5.75. The average Bonchev–Trinajstić information content (AvgIpc) is 2.96. The van der Waals surface area contributed by atoms with Gasteiger partial charge in [0.15, 0.2) is 0 Å². The van der Waals surface area contributed by atoms with E-state index in [0.717, 1.165) is 44.3 Å². The Balaban J connectivity index is 2.17. The number of hydrogen-bond donors (Lipinski definition) is 1. The van der Waals surface area contributed by atoms with Gasteiger partial charge in [-0.05, 0) is 49.9 Å². The van der Waals surface area contributed by atoms with Gasteiger partial charge >= 0.3 is 0 Å². The summed E-state index contributed by atoms with van der Waals surface area (Å²) in [7, 11) is 1.89. The van der Waals surface area contributed by atoms with Crippen LogP contribution in [0.15, 0.2) is 24.3 Å². The van der Waals surface area contributed by atoms with Gasteiger partial charge in [-0.2, -0.15) is 0 Å². The lowest BCUT2D eigenvalue weighted by molar-refractivity contribution is -0.124. The maximum Gasteiger partial charge on any atom is 0.247 e. The van der Waals surface area contributed by atoms with Crippen LogP contribution in [-0.4, -0.2) is 25.0 Å². The molecule has 20 heavy (non-hydrogen) atoms. The van der Waals surface area contributed by atoms with E-state index in [-0.39, 0.29) is 11.4 Å². The molecule has 1 N–H and O–H groups in total. The van der Waals surface area contributed by atoms with Gasteiger partial charge in [-0.25, -0.2) is 0 Å². The van der Waals surface area contributed by atoms with Crippen LogP contribution in [0.1, 0.15) is 45.1 Å². The minimum Gasteiger partial charge on any atom is -0.314 e. The van der Waals surface area contributed by atoms with Crippen molar-refractivity contribution >= 4 is 11.6 Å². The SMILES string of the molecule is CCCC1(C(=O)N(C)c2ccc(CC)cc2)CCCN1. The van der Waals surface area contributed by atoms with E-state index >= 15 is 0 Å². The lowest BCUT2D eigenvalue weighted by Gasteiger charge is -2.32. The first-order valence-corrected chi connectivity index (χ1v) is 7.75. The van der Waals surface area contributed by atoms with Crippen LogP contribution in [0.2, 0.25) is 0 Å². The Morgan fingerprint density at radius 1 is 1.30 bits per heavy atom. The number of nitrogens with zero attached hydrogens (tertiary/aromatic N) is 1. The van der Waals surface area contributed by atoms with Crippen LogP contribution in [0, 0.1) is 0 Å². The summed E-state index contributed by atoms with van der Waals surface area (Å²) in [6, 6.07) is 8.30. The molecule has 1 amide bonds. The van der Waals surface area contributed by atoms with Crippen molar-refractivity contribution in [3.8, 4) is 0 Å². The average molecular weight is 274 g/mol. The van der Waals surface area contributed by atoms with E-state index in [2.05, 4.69) is 31.3 Å². The normalized spacial score (nSPS) is 21.9. The Labute approximate surface area is 122 Å². The number of aryl methyl sites for hydroxylation is 1. The summed E-state index contributed by atoms with van der Waals surface area (Å²) >= 11 is 0. The smallest absolute Gasteiger partial charge is 0.247 e. The highest BCUT2D eigenvalue weighted by molar-refractivity contribution is 6.00. The van der Waals surface area contributed by atoms with Crippen LogP contribution in [0.5, 0.6) is 0 Å². The molecule has 0 bridgehead atoms. The van der Waals surface area contributed by atoms with Gasteiger partial charge in [-0.15, -0.1) is 0 Å². The Morgan fingerprint density at radius 3 is 2.50 bits per heavy atom. The molecular formula is C17H26N2O. The van der Waals surface area contributed by atoms with Crippen LogP contribution < -0.4 is 10.2 Å². The first kappa shape index (κ1) is 15.0. The molecule has 0 aliphatic carbocycles. The summed E-state index contributed by atoms with van der Waals surface area (Å²) in [4.78, 5) is 14.7.